The highest BCUT2D eigenvalue weighted by molar-refractivity contribution is 7.89. The minimum atomic E-state index is -3.28. The third kappa shape index (κ3) is 3.80. The van der Waals surface area contributed by atoms with E-state index in [0.717, 1.165) is 18.2 Å². The number of halogens is 1. The van der Waals surface area contributed by atoms with Crippen LogP contribution in [0.4, 0.5) is 10.1 Å². The van der Waals surface area contributed by atoms with E-state index in [-0.39, 0.29) is 30.0 Å². The van der Waals surface area contributed by atoms with Crippen molar-refractivity contribution < 1.29 is 27.5 Å². The summed E-state index contributed by atoms with van der Waals surface area (Å²) in [5.41, 5.74) is -0.395. The first-order chi connectivity index (χ1) is 10.3. The molecular weight excluding hydrogens is 315 g/mol. The van der Waals surface area contributed by atoms with Crippen LogP contribution in [-0.4, -0.2) is 48.5 Å². The molecule has 0 aromatic heterocycles. The van der Waals surface area contributed by atoms with E-state index in [2.05, 4.69) is 5.32 Å². The van der Waals surface area contributed by atoms with Gasteiger partial charge in [-0.1, -0.05) is 0 Å². The predicted octanol–water partition coefficient (Wildman–Crippen LogP) is 0.888. The number of aromatic carboxylic acids is 1. The lowest BCUT2D eigenvalue weighted by atomic mass is 10.2. The van der Waals surface area contributed by atoms with Crippen LogP contribution in [0.15, 0.2) is 18.2 Å². The molecule has 120 valence electrons. The van der Waals surface area contributed by atoms with Crippen molar-refractivity contribution in [2.75, 3.05) is 24.2 Å². The van der Waals surface area contributed by atoms with Gasteiger partial charge in [-0.2, -0.15) is 0 Å². The lowest BCUT2D eigenvalue weighted by Crippen LogP contribution is -2.29. The standard InChI is InChI=1S/C13H15FN2O5S/c14-10-3-2-9(13(18)19)8-11(10)15-12(17)4-6-16-5-1-7-22(16,20)21/h2-3,8H,1,4-7H2,(H,15,17)(H,18,19). The molecule has 1 aromatic carbocycles. The Labute approximate surface area is 126 Å². The Morgan fingerprint density at radius 1 is 1.36 bits per heavy atom. The highest BCUT2D eigenvalue weighted by atomic mass is 32.2. The molecule has 0 radical (unpaired) electrons. The first kappa shape index (κ1) is 16.4. The number of carboxylic acid groups (broad SMARTS) is 1. The summed E-state index contributed by atoms with van der Waals surface area (Å²) in [4.78, 5) is 22.6. The number of nitrogens with one attached hydrogen (secondary N) is 1. The molecule has 2 rings (SSSR count). The first-order valence-corrected chi connectivity index (χ1v) is 8.21. The molecule has 1 aliphatic rings. The number of amides is 1. The van der Waals surface area contributed by atoms with Gasteiger partial charge in [0, 0.05) is 19.5 Å². The number of nitrogens with zero attached hydrogens (tertiary/aromatic N) is 1. The molecule has 0 saturated carbocycles. The number of benzene rings is 1. The molecule has 7 nitrogen and oxygen atoms in total. The number of hydrogen-bond donors (Lipinski definition) is 2. The maximum Gasteiger partial charge on any atom is 0.335 e. The molecule has 0 bridgehead atoms. The van der Waals surface area contributed by atoms with Crippen LogP contribution in [0, 0.1) is 5.82 Å². The summed E-state index contributed by atoms with van der Waals surface area (Å²) < 4.78 is 37.9. The highest BCUT2D eigenvalue weighted by Crippen LogP contribution is 2.17. The summed E-state index contributed by atoms with van der Waals surface area (Å²) in [5.74, 6) is -2.50. The molecule has 1 heterocycles. The van der Waals surface area contributed by atoms with Crippen LogP contribution in [0.1, 0.15) is 23.2 Å². The van der Waals surface area contributed by atoms with E-state index in [1.54, 1.807) is 0 Å². The second-order valence-corrected chi connectivity index (χ2v) is 6.96. The fourth-order valence-electron chi connectivity index (χ4n) is 2.14. The lowest BCUT2D eigenvalue weighted by Gasteiger charge is -2.14. The van der Waals surface area contributed by atoms with E-state index in [9.17, 15) is 22.4 Å². The van der Waals surface area contributed by atoms with E-state index in [1.165, 1.54) is 4.31 Å². The molecule has 9 heteroatoms. The van der Waals surface area contributed by atoms with Crippen LogP contribution < -0.4 is 5.32 Å². The van der Waals surface area contributed by atoms with E-state index < -0.39 is 27.7 Å². The number of hydrogen-bond acceptors (Lipinski definition) is 4. The smallest absolute Gasteiger partial charge is 0.335 e. The SMILES string of the molecule is O=C(CCN1CCCS1(=O)=O)Nc1cc(C(=O)O)ccc1F. The highest BCUT2D eigenvalue weighted by Gasteiger charge is 2.28. The van der Waals surface area contributed by atoms with Crippen molar-refractivity contribution in [1.82, 2.24) is 4.31 Å². The number of anilines is 1. The second-order valence-electron chi connectivity index (χ2n) is 4.87. The normalized spacial score (nSPS) is 17.3. The van der Waals surface area contributed by atoms with Gasteiger partial charge in [0.05, 0.1) is 17.0 Å². The second kappa shape index (κ2) is 6.41. The summed E-state index contributed by atoms with van der Waals surface area (Å²) in [6.45, 7) is 0.396. The number of rotatable bonds is 5. The van der Waals surface area contributed by atoms with Gasteiger partial charge in [-0.05, 0) is 24.6 Å². The average Bonchev–Trinajstić information content (AvgIpc) is 2.77. The monoisotopic (exact) mass is 330 g/mol. The van der Waals surface area contributed by atoms with Gasteiger partial charge in [-0.15, -0.1) is 0 Å². The number of carbonyl (C=O) groups excluding carboxylic acids is 1. The Balaban J connectivity index is 1.97. The third-order valence-corrected chi connectivity index (χ3v) is 5.24. The number of sulfonamides is 1. The maximum atomic E-state index is 13.5. The van der Waals surface area contributed by atoms with E-state index in [1.807, 2.05) is 0 Å². The zero-order valence-electron chi connectivity index (χ0n) is 11.6. The van der Waals surface area contributed by atoms with Gasteiger partial charge in [0.15, 0.2) is 0 Å². The van der Waals surface area contributed by atoms with E-state index in [0.29, 0.717) is 13.0 Å². The Morgan fingerprint density at radius 2 is 2.09 bits per heavy atom. The van der Waals surface area contributed by atoms with Crippen molar-refractivity contribution in [2.24, 2.45) is 0 Å². The fourth-order valence-corrected chi connectivity index (χ4v) is 3.66. The summed E-state index contributed by atoms with van der Waals surface area (Å²) in [5, 5.41) is 11.1. The lowest BCUT2D eigenvalue weighted by molar-refractivity contribution is -0.116. The summed E-state index contributed by atoms with van der Waals surface area (Å²) >= 11 is 0. The molecule has 1 fully saturated rings. The molecule has 1 aromatic rings. The van der Waals surface area contributed by atoms with Crippen LogP contribution in [0.3, 0.4) is 0 Å². The van der Waals surface area contributed by atoms with Crippen molar-refractivity contribution in [3.63, 3.8) is 0 Å². The largest absolute Gasteiger partial charge is 0.478 e. The zero-order chi connectivity index (χ0) is 16.3. The molecule has 0 aliphatic carbocycles. The molecule has 0 spiro atoms. The molecule has 0 atom stereocenters. The van der Waals surface area contributed by atoms with Gasteiger partial charge in [-0.3, -0.25) is 4.79 Å². The van der Waals surface area contributed by atoms with Gasteiger partial charge in [-0.25, -0.2) is 21.9 Å². The molecule has 22 heavy (non-hydrogen) atoms. The fraction of sp³-hybridized carbons (Fsp3) is 0.385. The van der Waals surface area contributed by atoms with Crippen LogP contribution in [0.2, 0.25) is 0 Å². The van der Waals surface area contributed by atoms with Crippen molar-refractivity contribution >= 4 is 27.6 Å². The number of carbonyl (C=O) groups is 2. The van der Waals surface area contributed by atoms with Crippen molar-refractivity contribution in [1.29, 1.82) is 0 Å². The van der Waals surface area contributed by atoms with Crippen LogP contribution in [-0.2, 0) is 14.8 Å². The summed E-state index contributed by atoms with van der Waals surface area (Å²) in [7, 11) is -3.28. The number of carboxylic acids is 1. The zero-order valence-corrected chi connectivity index (χ0v) is 12.4. The van der Waals surface area contributed by atoms with Gasteiger partial charge < -0.3 is 10.4 Å². The quantitative estimate of drug-likeness (QED) is 0.834. The van der Waals surface area contributed by atoms with Gasteiger partial charge in [0.25, 0.3) is 0 Å². The van der Waals surface area contributed by atoms with Crippen molar-refractivity contribution in [2.45, 2.75) is 12.8 Å². The minimum absolute atomic E-state index is 0.0222. The Morgan fingerprint density at radius 3 is 2.68 bits per heavy atom. The summed E-state index contributed by atoms with van der Waals surface area (Å²) in [6, 6.07) is 3.05. The maximum absolute atomic E-state index is 13.5. The molecule has 0 unspecified atom stereocenters. The Bertz CT molecular complexity index is 704. The topological polar surface area (TPSA) is 104 Å². The van der Waals surface area contributed by atoms with Crippen molar-refractivity contribution in [3.05, 3.63) is 29.6 Å². The van der Waals surface area contributed by atoms with E-state index in [4.69, 9.17) is 5.11 Å². The first-order valence-electron chi connectivity index (χ1n) is 6.60. The molecule has 1 aliphatic heterocycles. The van der Waals surface area contributed by atoms with E-state index >= 15 is 0 Å². The third-order valence-electron chi connectivity index (χ3n) is 3.28. The molecular formula is C13H15FN2O5S. The minimum Gasteiger partial charge on any atom is -0.478 e. The van der Waals surface area contributed by atoms with Crippen molar-refractivity contribution in [3.8, 4) is 0 Å². The molecule has 2 N–H and O–H groups in total. The van der Waals surface area contributed by atoms with Crippen LogP contribution >= 0.6 is 0 Å². The Hall–Kier alpha value is -2.00. The Kier molecular flexibility index (Phi) is 4.77. The van der Waals surface area contributed by atoms with Crippen LogP contribution in [0.25, 0.3) is 0 Å². The van der Waals surface area contributed by atoms with Gasteiger partial charge in [0.1, 0.15) is 5.82 Å². The van der Waals surface area contributed by atoms with Gasteiger partial charge >= 0.3 is 5.97 Å². The summed E-state index contributed by atoms with van der Waals surface area (Å²) in [6.07, 6.45) is 0.398. The average molecular weight is 330 g/mol. The molecule has 1 amide bonds. The predicted molar refractivity (Wildman–Crippen MR) is 76.6 cm³/mol. The molecule has 1 saturated heterocycles. The van der Waals surface area contributed by atoms with Crippen LogP contribution in [0.5, 0.6) is 0 Å². The van der Waals surface area contributed by atoms with Gasteiger partial charge in [0.2, 0.25) is 15.9 Å².